The molecule has 1 unspecified atom stereocenters. The molecule has 0 fully saturated rings. The third-order valence-corrected chi connectivity index (χ3v) is 4.39. The number of rotatable bonds is 4. The highest BCUT2D eigenvalue weighted by Crippen LogP contribution is 2.36. The number of anilines is 1. The molecule has 138 valence electrons. The highest BCUT2D eigenvalue weighted by molar-refractivity contribution is 5.93. The molecule has 2 aromatic rings. The zero-order valence-corrected chi connectivity index (χ0v) is 14.6. The highest BCUT2D eigenvalue weighted by atomic mass is 19.3. The van der Waals surface area contributed by atoms with Gasteiger partial charge in [-0.2, -0.15) is 13.9 Å². The minimum Gasteiger partial charge on any atom is -0.344 e. The lowest BCUT2D eigenvalue weighted by Gasteiger charge is -2.26. The summed E-state index contributed by atoms with van der Waals surface area (Å²) < 4.78 is 31.2. The lowest BCUT2D eigenvalue weighted by atomic mass is 9.92. The zero-order valence-electron chi connectivity index (χ0n) is 14.6. The Labute approximate surface area is 149 Å². The van der Waals surface area contributed by atoms with E-state index in [0.717, 1.165) is 30.2 Å². The summed E-state index contributed by atoms with van der Waals surface area (Å²) in [6.45, 7) is 1.22. The van der Waals surface area contributed by atoms with E-state index in [-0.39, 0.29) is 5.69 Å². The van der Waals surface area contributed by atoms with Gasteiger partial charge in [0.2, 0.25) is 5.91 Å². The van der Waals surface area contributed by atoms with Crippen LogP contribution < -0.4 is 10.6 Å². The molecule has 1 aromatic carbocycles. The molecule has 0 radical (unpaired) electrons. The third kappa shape index (κ3) is 3.44. The Hall–Kier alpha value is -2.77. The van der Waals surface area contributed by atoms with Crippen LogP contribution in [0.5, 0.6) is 0 Å². The van der Waals surface area contributed by atoms with Crippen molar-refractivity contribution in [3.8, 4) is 0 Å². The van der Waals surface area contributed by atoms with Crippen LogP contribution in [-0.2, 0) is 29.0 Å². The largest absolute Gasteiger partial charge is 0.351 e. The van der Waals surface area contributed by atoms with Crippen molar-refractivity contribution in [1.29, 1.82) is 0 Å². The molecule has 2 N–H and O–H groups in total. The molecule has 2 amide bonds. The normalized spacial score (nSPS) is 16.7. The Bertz CT molecular complexity index is 847. The van der Waals surface area contributed by atoms with Crippen LogP contribution in [0.25, 0.3) is 0 Å². The first-order chi connectivity index (χ1) is 12.3. The topological polar surface area (TPSA) is 76.0 Å². The zero-order chi connectivity index (χ0) is 18.9. The van der Waals surface area contributed by atoms with Crippen molar-refractivity contribution >= 4 is 17.5 Å². The second kappa shape index (κ2) is 6.86. The molecule has 0 aliphatic heterocycles. The lowest BCUT2D eigenvalue weighted by Crippen LogP contribution is -2.41. The average molecular weight is 362 g/mol. The molecular weight excluding hydrogens is 342 g/mol. The van der Waals surface area contributed by atoms with E-state index < -0.39 is 29.3 Å². The fraction of sp³-hybridized carbons (Fsp3) is 0.389. The van der Waals surface area contributed by atoms with E-state index in [1.807, 2.05) is 0 Å². The number of benzene rings is 1. The molecule has 0 bridgehead atoms. The van der Waals surface area contributed by atoms with E-state index in [1.54, 1.807) is 17.9 Å². The van der Waals surface area contributed by atoms with Gasteiger partial charge in [-0.3, -0.25) is 14.3 Å². The second-order valence-electron chi connectivity index (χ2n) is 6.42. The van der Waals surface area contributed by atoms with E-state index in [0.29, 0.717) is 6.42 Å². The van der Waals surface area contributed by atoms with Gasteiger partial charge < -0.3 is 10.6 Å². The van der Waals surface area contributed by atoms with Crippen LogP contribution in [0.4, 0.5) is 14.5 Å². The Balaban J connectivity index is 1.85. The number of fused-ring (bicyclic) bond motifs is 1. The molecule has 8 heteroatoms. The second-order valence-corrected chi connectivity index (χ2v) is 6.42. The van der Waals surface area contributed by atoms with Gasteiger partial charge in [0.05, 0.1) is 23.0 Å². The maximum atomic E-state index is 14.8. The predicted molar refractivity (Wildman–Crippen MR) is 91.7 cm³/mol. The van der Waals surface area contributed by atoms with Crippen LogP contribution in [0.3, 0.4) is 0 Å². The standard InChI is InChI=1S/C18H20F2N4O2/c1-11(25)21-16-7-4-3-6-13(16)18(19,20)17(26)22-14-8-5-9-15-12(14)10-24(2)23-15/h3-4,6-7,10,14H,5,8-9H2,1-2H3,(H,21,25)(H,22,26). The number of carbonyl (C=O) groups excluding carboxylic acids is 2. The van der Waals surface area contributed by atoms with E-state index in [4.69, 9.17) is 0 Å². The molecule has 0 spiro atoms. The summed E-state index contributed by atoms with van der Waals surface area (Å²) in [5, 5.41) is 9.10. The predicted octanol–water partition coefficient (Wildman–Crippen LogP) is 2.66. The Morgan fingerprint density at radius 2 is 2.04 bits per heavy atom. The van der Waals surface area contributed by atoms with Gasteiger partial charge in [-0.15, -0.1) is 0 Å². The number of halogens is 2. The molecule has 1 aliphatic rings. The number of alkyl halides is 2. The molecule has 1 heterocycles. The Morgan fingerprint density at radius 3 is 2.77 bits per heavy atom. The average Bonchev–Trinajstić information content (AvgIpc) is 2.96. The van der Waals surface area contributed by atoms with Crippen molar-refractivity contribution in [1.82, 2.24) is 15.1 Å². The van der Waals surface area contributed by atoms with Gasteiger partial charge in [-0.25, -0.2) is 0 Å². The molecule has 26 heavy (non-hydrogen) atoms. The fourth-order valence-corrected chi connectivity index (χ4v) is 3.24. The molecule has 6 nitrogen and oxygen atoms in total. The van der Waals surface area contributed by atoms with E-state index in [2.05, 4.69) is 15.7 Å². The Kier molecular flexibility index (Phi) is 4.76. The first kappa shape index (κ1) is 18.0. The van der Waals surface area contributed by atoms with Gasteiger partial charge in [0.15, 0.2) is 0 Å². The molecule has 1 aliphatic carbocycles. The van der Waals surface area contributed by atoms with Crippen molar-refractivity contribution < 1.29 is 18.4 Å². The number of carbonyl (C=O) groups is 2. The molecule has 0 saturated heterocycles. The number of aromatic nitrogens is 2. The van der Waals surface area contributed by atoms with Gasteiger partial charge in [0.25, 0.3) is 5.91 Å². The van der Waals surface area contributed by atoms with Crippen LogP contribution in [0.15, 0.2) is 30.5 Å². The first-order valence-electron chi connectivity index (χ1n) is 8.37. The summed E-state index contributed by atoms with van der Waals surface area (Å²) in [6, 6.07) is 4.91. The first-order valence-corrected chi connectivity index (χ1v) is 8.37. The van der Waals surface area contributed by atoms with E-state index in [1.165, 1.54) is 25.1 Å². The number of aryl methyl sites for hydroxylation is 2. The van der Waals surface area contributed by atoms with Crippen LogP contribution in [-0.4, -0.2) is 21.6 Å². The smallest absolute Gasteiger partial charge is 0.344 e. The maximum absolute atomic E-state index is 14.8. The number of nitrogens with one attached hydrogen (secondary N) is 2. The van der Waals surface area contributed by atoms with E-state index >= 15 is 0 Å². The molecule has 1 aromatic heterocycles. The molecular formula is C18H20F2N4O2. The SMILES string of the molecule is CC(=O)Nc1ccccc1C(F)(F)C(=O)NC1CCCc2nn(C)cc21. The monoisotopic (exact) mass is 362 g/mol. The molecule has 0 saturated carbocycles. The number of para-hydroxylation sites is 1. The van der Waals surface area contributed by atoms with Crippen molar-refractivity contribution in [2.45, 2.75) is 38.2 Å². The minimum absolute atomic E-state index is 0.0779. The van der Waals surface area contributed by atoms with Gasteiger partial charge in [0.1, 0.15) is 0 Å². The minimum atomic E-state index is -3.78. The van der Waals surface area contributed by atoms with Crippen LogP contribution >= 0.6 is 0 Å². The highest BCUT2D eigenvalue weighted by Gasteiger charge is 2.44. The molecule has 3 rings (SSSR count). The van der Waals surface area contributed by atoms with E-state index in [9.17, 15) is 18.4 Å². The van der Waals surface area contributed by atoms with Gasteiger partial charge in [0, 0.05) is 25.7 Å². The number of nitrogens with zero attached hydrogens (tertiary/aromatic N) is 2. The van der Waals surface area contributed by atoms with Crippen molar-refractivity contribution in [3.63, 3.8) is 0 Å². The fourth-order valence-electron chi connectivity index (χ4n) is 3.24. The number of amides is 2. The summed E-state index contributed by atoms with van der Waals surface area (Å²) in [4.78, 5) is 23.6. The van der Waals surface area contributed by atoms with Gasteiger partial charge in [-0.05, 0) is 25.3 Å². The van der Waals surface area contributed by atoms with Crippen molar-refractivity contribution in [2.24, 2.45) is 7.05 Å². The van der Waals surface area contributed by atoms with Crippen molar-refractivity contribution in [2.75, 3.05) is 5.32 Å². The lowest BCUT2D eigenvalue weighted by molar-refractivity contribution is -0.148. The summed E-state index contributed by atoms with van der Waals surface area (Å²) in [6.07, 6.45) is 3.87. The Morgan fingerprint density at radius 1 is 1.31 bits per heavy atom. The van der Waals surface area contributed by atoms with Crippen LogP contribution in [0.2, 0.25) is 0 Å². The summed E-state index contributed by atoms with van der Waals surface area (Å²) >= 11 is 0. The number of hydrogen-bond acceptors (Lipinski definition) is 3. The van der Waals surface area contributed by atoms with Gasteiger partial charge >= 0.3 is 5.92 Å². The summed E-state index contributed by atoms with van der Waals surface area (Å²) in [7, 11) is 1.76. The molecule has 1 atom stereocenters. The van der Waals surface area contributed by atoms with Crippen LogP contribution in [0, 0.1) is 0 Å². The van der Waals surface area contributed by atoms with Gasteiger partial charge in [-0.1, -0.05) is 18.2 Å². The van der Waals surface area contributed by atoms with Crippen molar-refractivity contribution in [3.05, 3.63) is 47.3 Å². The number of hydrogen-bond donors (Lipinski definition) is 2. The van der Waals surface area contributed by atoms with Crippen LogP contribution in [0.1, 0.15) is 42.6 Å². The maximum Gasteiger partial charge on any atom is 0.351 e. The summed E-state index contributed by atoms with van der Waals surface area (Å²) in [5.41, 5.74) is 0.991. The summed E-state index contributed by atoms with van der Waals surface area (Å²) in [5.74, 6) is -5.66. The quantitative estimate of drug-likeness (QED) is 0.878. The third-order valence-electron chi connectivity index (χ3n) is 4.39.